The van der Waals surface area contributed by atoms with Crippen LogP contribution in [-0.2, 0) is 4.79 Å². The second kappa shape index (κ2) is 4.99. The van der Waals surface area contributed by atoms with Crippen LogP contribution in [0.2, 0.25) is 0 Å². The third-order valence-electron chi connectivity index (χ3n) is 1.59. The van der Waals surface area contributed by atoms with E-state index in [1.807, 2.05) is 30.3 Å². The van der Waals surface area contributed by atoms with Gasteiger partial charge >= 0.3 is 0 Å². The zero-order chi connectivity index (χ0) is 9.84. The first-order valence-electron chi connectivity index (χ1n) is 3.65. The molecule has 0 bridgehead atoms. The molecule has 0 radical (unpaired) electrons. The summed E-state index contributed by atoms with van der Waals surface area (Å²) in [5.74, 6) is 0. The van der Waals surface area contributed by atoms with Crippen molar-refractivity contribution >= 4 is 44.4 Å². The summed E-state index contributed by atoms with van der Waals surface area (Å²) < 4.78 is 0. The van der Waals surface area contributed by atoms with Crippen LogP contribution < -0.4 is 0 Å². The maximum absolute atomic E-state index is 10.8. The standard InChI is InChI=1S/C9H7BrCl2O/c10-7(8(11)9(12)13)6-4-2-1-3-5-6/h1-5,7-8H/t7-,8-/m0/s1. The lowest BCUT2D eigenvalue weighted by molar-refractivity contribution is -0.111. The van der Waals surface area contributed by atoms with E-state index in [9.17, 15) is 4.79 Å². The van der Waals surface area contributed by atoms with E-state index in [-0.39, 0.29) is 4.83 Å². The average molecular weight is 282 g/mol. The molecule has 70 valence electrons. The minimum absolute atomic E-state index is 0.236. The second-order valence-corrected chi connectivity index (χ2v) is 4.35. The Morgan fingerprint density at radius 3 is 2.31 bits per heavy atom. The number of carbonyl (C=O) groups is 1. The molecule has 0 amide bonds. The molecule has 0 aliphatic rings. The Hall–Kier alpha value is -0.0500. The maximum atomic E-state index is 10.8. The summed E-state index contributed by atoms with van der Waals surface area (Å²) in [6.45, 7) is 0. The minimum Gasteiger partial charge on any atom is -0.280 e. The van der Waals surface area contributed by atoms with Crippen LogP contribution in [0.1, 0.15) is 10.4 Å². The van der Waals surface area contributed by atoms with Crippen LogP contribution in [0.25, 0.3) is 0 Å². The molecule has 4 heteroatoms. The van der Waals surface area contributed by atoms with Crippen LogP contribution >= 0.6 is 39.1 Å². The van der Waals surface area contributed by atoms with Gasteiger partial charge in [-0.05, 0) is 17.2 Å². The van der Waals surface area contributed by atoms with Gasteiger partial charge in [-0.1, -0.05) is 46.3 Å². The van der Waals surface area contributed by atoms with E-state index < -0.39 is 10.6 Å². The first-order chi connectivity index (χ1) is 6.13. The molecule has 0 saturated carbocycles. The minimum atomic E-state index is -0.732. The maximum Gasteiger partial charge on any atom is 0.241 e. The predicted molar refractivity (Wildman–Crippen MR) is 58.6 cm³/mol. The van der Waals surface area contributed by atoms with Gasteiger partial charge in [0.2, 0.25) is 5.24 Å². The summed E-state index contributed by atoms with van der Waals surface area (Å²) in [5, 5.41) is -1.28. The smallest absolute Gasteiger partial charge is 0.241 e. The summed E-state index contributed by atoms with van der Waals surface area (Å²) in [5.41, 5.74) is 0.941. The van der Waals surface area contributed by atoms with Gasteiger partial charge < -0.3 is 0 Å². The number of alkyl halides is 2. The highest BCUT2D eigenvalue weighted by Gasteiger charge is 2.23. The molecule has 0 saturated heterocycles. The van der Waals surface area contributed by atoms with Gasteiger partial charge in [0.15, 0.2) is 0 Å². The molecule has 2 atom stereocenters. The van der Waals surface area contributed by atoms with E-state index in [0.717, 1.165) is 5.56 Å². The summed E-state index contributed by atoms with van der Waals surface area (Å²) in [4.78, 5) is 10.5. The second-order valence-electron chi connectivity index (χ2n) is 2.52. The molecule has 1 aromatic rings. The fourth-order valence-electron chi connectivity index (χ4n) is 0.921. The lowest BCUT2D eigenvalue weighted by atomic mass is 10.1. The predicted octanol–water partition coefficient (Wildman–Crippen LogP) is 3.50. The van der Waals surface area contributed by atoms with E-state index in [0.29, 0.717) is 0 Å². The normalized spacial score (nSPS) is 15.0. The Morgan fingerprint density at radius 2 is 1.85 bits per heavy atom. The van der Waals surface area contributed by atoms with Crippen LogP contribution in [0.3, 0.4) is 0 Å². The summed E-state index contributed by atoms with van der Waals surface area (Å²) >= 11 is 14.4. The Balaban J connectivity index is 2.79. The van der Waals surface area contributed by atoms with Crippen molar-refractivity contribution in [2.45, 2.75) is 10.2 Å². The molecule has 13 heavy (non-hydrogen) atoms. The van der Waals surface area contributed by atoms with Crippen molar-refractivity contribution < 1.29 is 4.79 Å². The largest absolute Gasteiger partial charge is 0.280 e. The fourth-order valence-corrected chi connectivity index (χ4v) is 1.89. The molecule has 1 aromatic carbocycles. The molecule has 0 aliphatic carbocycles. The monoisotopic (exact) mass is 280 g/mol. The van der Waals surface area contributed by atoms with Gasteiger partial charge in [0.1, 0.15) is 5.38 Å². The van der Waals surface area contributed by atoms with E-state index in [1.54, 1.807) is 0 Å². The van der Waals surface area contributed by atoms with Crippen LogP contribution in [0.15, 0.2) is 30.3 Å². The Labute approximate surface area is 95.2 Å². The van der Waals surface area contributed by atoms with Crippen molar-refractivity contribution in [2.24, 2.45) is 0 Å². The molecule has 0 fully saturated rings. The third kappa shape index (κ3) is 2.97. The van der Waals surface area contributed by atoms with Gasteiger partial charge in [-0.2, -0.15) is 0 Å². The van der Waals surface area contributed by atoms with Crippen molar-refractivity contribution in [3.05, 3.63) is 35.9 Å². The zero-order valence-electron chi connectivity index (χ0n) is 6.58. The van der Waals surface area contributed by atoms with Crippen LogP contribution in [0, 0.1) is 0 Å². The average Bonchev–Trinajstić information content (AvgIpc) is 2.17. The Bertz CT molecular complexity index is 289. The van der Waals surface area contributed by atoms with Gasteiger partial charge in [0.25, 0.3) is 0 Å². The third-order valence-corrected chi connectivity index (χ3v) is 3.75. The molecule has 0 unspecified atom stereocenters. The zero-order valence-corrected chi connectivity index (χ0v) is 9.68. The van der Waals surface area contributed by atoms with Crippen molar-refractivity contribution in [2.75, 3.05) is 0 Å². The molecular formula is C9H7BrCl2O. The Morgan fingerprint density at radius 1 is 1.31 bits per heavy atom. The van der Waals surface area contributed by atoms with Crippen LogP contribution in [-0.4, -0.2) is 10.6 Å². The summed E-state index contributed by atoms with van der Waals surface area (Å²) in [7, 11) is 0. The van der Waals surface area contributed by atoms with Crippen LogP contribution in [0.5, 0.6) is 0 Å². The molecule has 0 N–H and O–H groups in total. The van der Waals surface area contributed by atoms with Crippen molar-refractivity contribution in [1.82, 2.24) is 0 Å². The first kappa shape index (κ1) is 11.0. The highest BCUT2D eigenvalue weighted by Crippen LogP contribution is 2.30. The number of carbonyl (C=O) groups excluding carboxylic acids is 1. The summed E-state index contributed by atoms with van der Waals surface area (Å²) in [6.07, 6.45) is 0. The number of rotatable bonds is 3. The first-order valence-corrected chi connectivity index (χ1v) is 5.38. The Kier molecular flexibility index (Phi) is 4.23. The molecule has 0 spiro atoms. The van der Waals surface area contributed by atoms with Crippen molar-refractivity contribution in [1.29, 1.82) is 0 Å². The van der Waals surface area contributed by atoms with Gasteiger partial charge in [-0.3, -0.25) is 4.79 Å². The van der Waals surface area contributed by atoms with Gasteiger partial charge in [0.05, 0.1) is 4.83 Å². The van der Waals surface area contributed by atoms with E-state index in [1.165, 1.54) is 0 Å². The van der Waals surface area contributed by atoms with E-state index in [4.69, 9.17) is 23.2 Å². The van der Waals surface area contributed by atoms with Crippen molar-refractivity contribution in [3.63, 3.8) is 0 Å². The van der Waals surface area contributed by atoms with Gasteiger partial charge in [-0.25, -0.2) is 0 Å². The number of hydrogen-bond donors (Lipinski definition) is 0. The van der Waals surface area contributed by atoms with Crippen molar-refractivity contribution in [3.8, 4) is 0 Å². The molecular weight excluding hydrogens is 275 g/mol. The lowest BCUT2D eigenvalue weighted by Gasteiger charge is -2.12. The fraction of sp³-hybridized carbons (Fsp3) is 0.222. The SMILES string of the molecule is O=C(Cl)[C@@H](Cl)[C@@H](Br)c1ccccc1. The van der Waals surface area contributed by atoms with Gasteiger partial charge in [0, 0.05) is 0 Å². The quantitative estimate of drug-likeness (QED) is 0.612. The highest BCUT2D eigenvalue weighted by molar-refractivity contribution is 9.09. The highest BCUT2D eigenvalue weighted by atomic mass is 79.9. The van der Waals surface area contributed by atoms with Gasteiger partial charge in [-0.15, -0.1) is 11.6 Å². The van der Waals surface area contributed by atoms with Crippen LogP contribution in [0.4, 0.5) is 0 Å². The topological polar surface area (TPSA) is 17.1 Å². The molecule has 0 aliphatic heterocycles. The number of halogens is 3. The molecule has 1 rings (SSSR count). The molecule has 0 heterocycles. The summed E-state index contributed by atoms with van der Waals surface area (Å²) in [6, 6.07) is 9.43. The molecule has 1 nitrogen and oxygen atoms in total. The number of hydrogen-bond acceptors (Lipinski definition) is 1. The van der Waals surface area contributed by atoms with E-state index in [2.05, 4.69) is 15.9 Å². The van der Waals surface area contributed by atoms with E-state index >= 15 is 0 Å². The lowest BCUT2D eigenvalue weighted by Crippen LogP contribution is -2.14. The molecule has 0 aromatic heterocycles. The number of benzene rings is 1.